The molecule has 2 fully saturated rings. The predicted molar refractivity (Wildman–Crippen MR) is 60.5 cm³/mol. The summed E-state index contributed by atoms with van der Waals surface area (Å²) in [4.78, 5) is 2.74. The van der Waals surface area contributed by atoms with Gasteiger partial charge in [-0.1, -0.05) is 6.42 Å². The van der Waals surface area contributed by atoms with Crippen molar-refractivity contribution in [2.24, 2.45) is 5.92 Å². The molecule has 0 spiro atoms. The highest BCUT2D eigenvalue weighted by Crippen LogP contribution is 2.36. The highest BCUT2D eigenvalue weighted by Gasteiger charge is 2.34. The maximum Gasteiger partial charge on any atom is 0.0163 e. The molecule has 1 aliphatic carbocycles. The number of fused-ring (bicyclic) bond motifs is 1. The molecule has 3 atom stereocenters. The lowest BCUT2D eigenvalue weighted by Gasteiger charge is -2.39. The summed E-state index contributed by atoms with van der Waals surface area (Å²) >= 11 is 0. The molecule has 0 bridgehead atoms. The topological polar surface area (TPSA) is 15.3 Å². The first-order valence-electron chi connectivity index (χ1n) is 6.22. The summed E-state index contributed by atoms with van der Waals surface area (Å²) in [6, 6.07) is 1.58. The largest absolute Gasteiger partial charge is 0.316 e. The van der Waals surface area contributed by atoms with E-state index >= 15 is 0 Å². The van der Waals surface area contributed by atoms with E-state index in [2.05, 4.69) is 24.2 Å². The SMILES string of the molecule is CNC(C)CN1CCCC2CCCC21. The first kappa shape index (κ1) is 10.4. The lowest BCUT2D eigenvalue weighted by molar-refractivity contribution is 0.104. The van der Waals surface area contributed by atoms with E-state index in [9.17, 15) is 0 Å². The van der Waals surface area contributed by atoms with Crippen LogP contribution in [0.2, 0.25) is 0 Å². The Morgan fingerprint density at radius 3 is 2.86 bits per heavy atom. The maximum absolute atomic E-state index is 3.35. The normalized spacial score (nSPS) is 35.6. The molecule has 3 unspecified atom stereocenters. The molecule has 1 heterocycles. The number of piperidine rings is 1. The van der Waals surface area contributed by atoms with Gasteiger partial charge in [-0.15, -0.1) is 0 Å². The third-order valence-electron chi connectivity index (χ3n) is 4.11. The highest BCUT2D eigenvalue weighted by atomic mass is 15.2. The summed E-state index contributed by atoms with van der Waals surface area (Å²) in [5.41, 5.74) is 0. The standard InChI is InChI=1S/C12H24N2/c1-10(13-2)9-14-8-4-6-11-5-3-7-12(11)14/h10-13H,3-9H2,1-2H3. The fraction of sp³-hybridized carbons (Fsp3) is 1.00. The fourth-order valence-corrected chi connectivity index (χ4v) is 3.23. The summed E-state index contributed by atoms with van der Waals surface area (Å²) in [5.74, 6) is 1.04. The lowest BCUT2D eigenvalue weighted by Crippen LogP contribution is -2.47. The Labute approximate surface area is 88.1 Å². The second-order valence-electron chi connectivity index (χ2n) is 5.09. The molecule has 1 saturated carbocycles. The zero-order valence-electron chi connectivity index (χ0n) is 9.63. The maximum atomic E-state index is 3.35. The smallest absolute Gasteiger partial charge is 0.0163 e. The molecule has 2 nitrogen and oxygen atoms in total. The van der Waals surface area contributed by atoms with Gasteiger partial charge >= 0.3 is 0 Å². The zero-order valence-corrected chi connectivity index (χ0v) is 9.63. The number of rotatable bonds is 3. The van der Waals surface area contributed by atoms with E-state index in [4.69, 9.17) is 0 Å². The van der Waals surface area contributed by atoms with Gasteiger partial charge in [0.1, 0.15) is 0 Å². The number of hydrogen-bond donors (Lipinski definition) is 1. The molecule has 0 aromatic rings. The van der Waals surface area contributed by atoms with E-state index in [1.54, 1.807) is 0 Å². The summed E-state index contributed by atoms with van der Waals surface area (Å²) in [6.07, 6.45) is 7.35. The molecule has 82 valence electrons. The van der Waals surface area contributed by atoms with Crippen molar-refractivity contribution in [3.05, 3.63) is 0 Å². The van der Waals surface area contributed by atoms with Crippen LogP contribution in [0.5, 0.6) is 0 Å². The van der Waals surface area contributed by atoms with E-state index < -0.39 is 0 Å². The van der Waals surface area contributed by atoms with Crippen molar-refractivity contribution in [3.8, 4) is 0 Å². The van der Waals surface area contributed by atoms with Crippen molar-refractivity contribution in [2.45, 2.75) is 51.1 Å². The van der Waals surface area contributed by atoms with Gasteiger partial charge in [-0.3, -0.25) is 4.90 Å². The predicted octanol–water partition coefficient (Wildman–Crippen LogP) is 1.86. The second-order valence-corrected chi connectivity index (χ2v) is 5.09. The van der Waals surface area contributed by atoms with Crippen molar-refractivity contribution in [1.82, 2.24) is 10.2 Å². The summed E-state index contributed by atoms with van der Waals surface area (Å²) in [6.45, 7) is 4.88. The minimum atomic E-state index is 0.648. The number of nitrogens with one attached hydrogen (secondary N) is 1. The van der Waals surface area contributed by atoms with Crippen LogP contribution in [0.15, 0.2) is 0 Å². The third-order valence-corrected chi connectivity index (χ3v) is 4.11. The molecule has 1 aliphatic heterocycles. The van der Waals surface area contributed by atoms with Gasteiger partial charge in [0.05, 0.1) is 0 Å². The number of likely N-dealkylation sites (N-methyl/N-ethyl adjacent to an activating group) is 1. The molecule has 0 aromatic heterocycles. The lowest BCUT2D eigenvalue weighted by atomic mass is 9.92. The Kier molecular flexibility index (Phi) is 3.45. The van der Waals surface area contributed by atoms with E-state index in [1.807, 2.05) is 0 Å². The van der Waals surface area contributed by atoms with Crippen molar-refractivity contribution in [1.29, 1.82) is 0 Å². The van der Waals surface area contributed by atoms with Crippen LogP contribution in [0, 0.1) is 5.92 Å². The van der Waals surface area contributed by atoms with Crippen LogP contribution >= 0.6 is 0 Å². The van der Waals surface area contributed by atoms with Crippen LogP contribution in [0.3, 0.4) is 0 Å². The average Bonchev–Trinajstić information content (AvgIpc) is 2.66. The van der Waals surface area contributed by atoms with Crippen LogP contribution in [0.1, 0.15) is 39.0 Å². The third kappa shape index (κ3) is 2.12. The van der Waals surface area contributed by atoms with E-state index in [-0.39, 0.29) is 0 Å². The molecular formula is C12H24N2. The van der Waals surface area contributed by atoms with Crippen LogP contribution in [-0.4, -0.2) is 37.1 Å². The zero-order chi connectivity index (χ0) is 9.97. The van der Waals surface area contributed by atoms with Gasteiger partial charge in [-0.05, 0) is 52.1 Å². The van der Waals surface area contributed by atoms with Crippen molar-refractivity contribution in [3.63, 3.8) is 0 Å². The molecule has 2 rings (SSSR count). The molecule has 0 radical (unpaired) electrons. The van der Waals surface area contributed by atoms with Crippen molar-refractivity contribution >= 4 is 0 Å². The van der Waals surface area contributed by atoms with Gasteiger partial charge in [-0.25, -0.2) is 0 Å². The van der Waals surface area contributed by atoms with Crippen LogP contribution in [0.25, 0.3) is 0 Å². The average molecular weight is 196 g/mol. The summed E-state index contributed by atoms with van der Waals surface area (Å²) in [7, 11) is 2.07. The molecule has 1 N–H and O–H groups in total. The monoisotopic (exact) mass is 196 g/mol. The Balaban J connectivity index is 1.90. The number of nitrogens with zero attached hydrogens (tertiary/aromatic N) is 1. The Morgan fingerprint density at radius 1 is 1.29 bits per heavy atom. The minimum absolute atomic E-state index is 0.648. The number of likely N-dealkylation sites (tertiary alicyclic amines) is 1. The van der Waals surface area contributed by atoms with Crippen LogP contribution < -0.4 is 5.32 Å². The highest BCUT2D eigenvalue weighted by molar-refractivity contribution is 4.89. The molecule has 2 aliphatic rings. The quantitative estimate of drug-likeness (QED) is 0.741. The van der Waals surface area contributed by atoms with Gasteiger partial charge in [0.25, 0.3) is 0 Å². The first-order valence-corrected chi connectivity index (χ1v) is 6.22. The van der Waals surface area contributed by atoms with Gasteiger partial charge in [-0.2, -0.15) is 0 Å². The molecule has 14 heavy (non-hydrogen) atoms. The van der Waals surface area contributed by atoms with Gasteiger partial charge in [0.15, 0.2) is 0 Å². The van der Waals surface area contributed by atoms with Crippen molar-refractivity contribution < 1.29 is 0 Å². The van der Waals surface area contributed by atoms with E-state index in [0.717, 1.165) is 12.0 Å². The molecule has 2 heteroatoms. The van der Waals surface area contributed by atoms with Crippen molar-refractivity contribution in [2.75, 3.05) is 20.1 Å². The molecule has 0 amide bonds. The van der Waals surface area contributed by atoms with Gasteiger partial charge in [0, 0.05) is 18.6 Å². The molecule has 1 saturated heterocycles. The van der Waals surface area contributed by atoms with Gasteiger partial charge < -0.3 is 5.32 Å². The summed E-state index contributed by atoms with van der Waals surface area (Å²) < 4.78 is 0. The fourth-order valence-electron chi connectivity index (χ4n) is 3.23. The van der Waals surface area contributed by atoms with Crippen LogP contribution in [0.4, 0.5) is 0 Å². The second kappa shape index (κ2) is 4.63. The Morgan fingerprint density at radius 2 is 2.07 bits per heavy atom. The Hall–Kier alpha value is -0.0800. The first-order chi connectivity index (χ1) is 6.81. The van der Waals surface area contributed by atoms with Crippen LogP contribution in [-0.2, 0) is 0 Å². The molecule has 0 aromatic carbocycles. The Bertz CT molecular complexity index is 181. The minimum Gasteiger partial charge on any atom is -0.316 e. The summed E-state index contributed by atoms with van der Waals surface area (Å²) in [5, 5.41) is 3.35. The van der Waals surface area contributed by atoms with E-state index in [0.29, 0.717) is 6.04 Å². The van der Waals surface area contributed by atoms with Gasteiger partial charge in [0.2, 0.25) is 0 Å². The van der Waals surface area contributed by atoms with E-state index in [1.165, 1.54) is 45.2 Å². The molecular weight excluding hydrogens is 172 g/mol. The number of hydrogen-bond acceptors (Lipinski definition) is 2.